The Morgan fingerprint density at radius 3 is 2.58 bits per heavy atom. The van der Waals surface area contributed by atoms with Crippen LogP contribution in [0.5, 0.6) is 0 Å². The summed E-state index contributed by atoms with van der Waals surface area (Å²) in [5.41, 5.74) is 0.801. The van der Waals surface area contributed by atoms with Crippen molar-refractivity contribution in [2.45, 2.75) is 32.6 Å². The fourth-order valence-electron chi connectivity index (χ4n) is 3.21. The molecular weight excluding hydrogens is 336 g/mol. The highest BCUT2D eigenvalue weighted by Crippen LogP contribution is 2.24. The normalized spacial score (nSPS) is 16.4. The average molecular weight is 358 g/mol. The molecule has 0 aromatic heterocycles. The van der Waals surface area contributed by atoms with Crippen molar-refractivity contribution >= 4 is 23.7 Å². The summed E-state index contributed by atoms with van der Waals surface area (Å²) in [5, 5.41) is 0. The molecule has 2 heterocycles. The summed E-state index contributed by atoms with van der Waals surface area (Å²) in [4.78, 5) is 51.3. The van der Waals surface area contributed by atoms with E-state index in [1.54, 1.807) is 4.90 Å². The molecule has 0 unspecified atom stereocenters. The number of unbranched alkanes of at least 4 members (excludes halogenated alkanes) is 1. The summed E-state index contributed by atoms with van der Waals surface area (Å²) >= 11 is 0. The highest BCUT2D eigenvalue weighted by molar-refractivity contribution is 6.21. The van der Waals surface area contributed by atoms with Crippen LogP contribution in [0.1, 0.15) is 63.7 Å². The second-order valence-corrected chi connectivity index (χ2v) is 6.50. The third-order valence-corrected chi connectivity index (χ3v) is 4.71. The summed E-state index contributed by atoms with van der Waals surface area (Å²) in [6.07, 6.45) is 3.01. The molecule has 7 heteroatoms. The van der Waals surface area contributed by atoms with Gasteiger partial charge in [0.15, 0.2) is 0 Å². The van der Waals surface area contributed by atoms with Gasteiger partial charge in [0.1, 0.15) is 6.61 Å². The molecule has 0 spiro atoms. The second kappa shape index (κ2) is 7.68. The maximum Gasteiger partial charge on any atom is 0.338 e. The van der Waals surface area contributed by atoms with Crippen molar-refractivity contribution in [3.63, 3.8) is 0 Å². The van der Waals surface area contributed by atoms with Crippen molar-refractivity contribution in [1.29, 1.82) is 0 Å². The zero-order valence-corrected chi connectivity index (χ0v) is 14.8. The third kappa shape index (κ3) is 3.47. The van der Waals surface area contributed by atoms with E-state index in [0.29, 0.717) is 31.6 Å². The van der Waals surface area contributed by atoms with Crippen molar-refractivity contribution in [3.05, 3.63) is 34.9 Å². The van der Waals surface area contributed by atoms with Gasteiger partial charge in [0.2, 0.25) is 5.91 Å². The van der Waals surface area contributed by atoms with Crippen molar-refractivity contribution in [2.24, 2.45) is 0 Å². The first kappa shape index (κ1) is 18.1. The van der Waals surface area contributed by atoms with Gasteiger partial charge >= 0.3 is 5.97 Å². The molecule has 0 aliphatic carbocycles. The van der Waals surface area contributed by atoms with Crippen LogP contribution < -0.4 is 0 Å². The SMILES string of the molecule is CCCCN1C(=O)c2ccc(C(=O)OCCN3CCCC3=O)cc2C1=O. The van der Waals surface area contributed by atoms with E-state index in [0.717, 1.165) is 19.3 Å². The van der Waals surface area contributed by atoms with Gasteiger partial charge in [0.25, 0.3) is 11.8 Å². The molecule has 1 fully saturated rings. The molecule has 0 radical (unpaired) electrons. The first-order chi connectivity index (χ1) is 12.5. The summed E-state index contributed by atoms with van der Waals surface area (Å²) in [6.45, 7) is 3.54. The van der Waals surface area contributed by atoms with Crippen LogP contribution in [0.3, 0.4) is 0 Å². The number of esters is 1. The summed E-state index contributed by atoms with van der Waals surface area (Å²) in [6, 6.07) is 4.42. The maximum absolute atomic E-state index is 12.4. The molecule has 0 saturated carbocycles. The number of benzene rings is 1. The van der Waals surface area contributed by atoms with Gasteiger partial charge in [0.05, 0.1) is 23.2 Å². The van der Waals surface area contributed by atoms with Gasteiger partial charge in [-0.25, -0.2) is 4.79 Å². The molecule has 7 nitrogen and oxygen atoms in total. The van der Waals surface area contributed by atoms with E-state index >= 15 is 0 Å². The van der Waals surface area contributed by atoms with E-state index in [9.17, 15) is 19.2 Å². The first-order valence-corrected chi connectivity index (χ1v) is 8.98. The van der Waals surface area contributed by atoms with Crippen LogP contribution in [-0.2, 0) is 9.53 Å². The predicted molar refractivity (Wildman–Crippen MR) is 92.8 cm³/mol. The topological polar surface area (TPSA) is 84.0 Å². The lowest BCUT2D eigenvalue weighted by molar-refractivity contribution is -0.128. The van der Waals surface area contributed by atoms with Gasteiger partial charge in [-0.1, -0.05) is 13.3 Å². The number of imide groups is 1. The summed E-state index contributed by atoms with van der Waals surface area (Å²) in [7, 11) is 0. The lowest BCUT2D eigenvalue weighted by Gasteiger charge is -2.15. The van der Waals surface area contributed by atoms with Gasteiger partial charge in [-0.2, -0.15) is 0 Å². The number of carbonyl (C=O) groups is 4. The predicted octanol–water partition coefficient (Wildman–Crippen LogP) is 1.86. The minimum absolute atomic E-state index is 0.0786. The Bertz CT molecular complexity index is 758. The number of fused-ring (bicyclic) bond motifs is 1. The standard InChI is InChI=1S/C19H22N2O5/c1-2-3-9-21-17(23)14-7-6-13(12-15(14)18(21)24)19(25)26-11-10-20-8-4-5-16(20)22/h6-7,12H,2-5,8-11H2,1H3. The van der Waals surface area contributed by atoms with Crippen LogP contribution in [0.2, 0.25) is 0 Å². The number of hydrogen-bond acceptors (Lipinski definition) is 5. The first-order valence-electron chi connectivity index (χ1n) is 8.98. The second-order valence-electron chi connectivity index (χ2n) is 6.50. The monoisotopic (exact) mass is 358 g/mol. The van der Waals surface area contributed by atoms with Crippen LogP contribution in [0, 0.1) is 0 Å². The number of nitrogens with zero attached hydrogens (tertiary/aromatic N) is 2. The zero-order chi connectivity index (χ0) is 18.7. The fraction of sp³-hybridized carbons (Fsp3) is 0.474. The Morgan fingerprint density at radius 1 is 1.12 bits per heavy atom. The molecule has 1 aromatic rings. The van der Waals surface area contributed by atoms with Gasteiger partial charge in [-0.05, 0) is 31.0 Å². The van der Waals surface area contributed by atoms with E-state index in [2.05, 4.69) is 0 Å². The molecule has 3 rings (SSSR count). The van der Waals surface area contributed by atoms with Crippen LogP contribution >= 0.6 is 0 Å². The highest BCUT2D eigenvalue weighted by Gasteiger charge is 2.35. The van der Waals surface area contributed by atoms with E-state index in [-0.39, 0.29) is 35.5 Å². The molecule has 2 aliphatic rings. The molecule has 0 N–H and O–H groups in total. The molecule has 1 saturated heterocycles. The summed E-state index contributed by atoms with van der Waals surface area (Å²) < 4.78 is 5.21. The molecule has 2 aliphatic heterocycles. The number of carbonyl (C=O) groups excluding carboxylic acids is 4. The Kier molecular flexibility index (Phi) is 5.35. The Balaban J connectivity index is 1.63. The minimum Gasteiger partial charge on any atom is -0.460 e. The zero-order valence-electron chi connectivity index (χ0n) is 14.8. The average Bonchev–Trinajstić information content (AvgIpc) is 3.15. The van der Waals surface area contributed by atoms with Crippen molar-refractivity contribution < 1.29 is 23.9 Å². The van der Waals surface area contributed by atoms with Crippen LogP contribution in [-0.4, -0.2) is 59.7 Å². The van der Waals surface area contributed by atoms with Gasteiger partial charge in [-0.15, -0.1) is 0 Å². The smallest absolute Gasteiger partial charge is 0.338 e. The Morgan fingerprint density at radius 2 is 1.88 bits per heavy atom. The van der Waals surface area contributed by atoms with Crippen LogP contribution in [0.25, 0.3) is 0 Å². The van der Waals surface area contributed by atoms with Crippen molar-refractivity contribution in [3.8, 4) is 0 Å². The molecule has 0 bridgehead atoms. The molecule has 26 heavy (non-hydrogen) atoms. The van der Waals surface area contributed by atoms with E-state index in [1.165, 1.54) is 23.1 Å². The Hall–Kier alpha value is -2.70. The lowest BCUT2D eigenvalue weighted by Crippen LogP contribution is -2.30. The quantitative estimate of drug-likeness (QED) is 0.549. The van der Waals surface area contributed by atoms with Gasteiger partial charge in [0, 0.05) is 19.5 Å². The largest absolute Gasteiger partial charge is 0.460 e. The van der Waals surface area contributed by atoms with E-state index < -0.39 is 5.97 Å². The molecule has 0 atom stereocenters. The van der Waals surface area contributed by atoms with Crippen molar-refractivity contribution in [1.82, 2.24) is 9.80 Å². The maximum atomic E-state index is 12.4. The molecule has 3 amide bonds. The van der Waals surface area contributed by atoms with Crippen LogP contribution in [0.15, 0.2) is 18.2 Å². The molecule has 138 valence electrons. The van der Waals surface area contributed by atoms with E-state index in [1.807, 2.05) is 6.92 Å². The number of likely N-dealkylation sites (tertiary alicyclic amines) is 1. The number of rotatable bonds is 7. The summed E-state index contributed by atoms with van der Waals surface area (Å²) in [5.74, 6) is -1.16. The van der Waals surface area contributed by atoms with E-state index in [4.69, 9.17) is 4.74 Å². The third-order valence-electron chi connectivity index (χ3n) is 4.71. The van der Waals surface area contributed by atoms with Crippen molar-refractivity contribution in [2.75, 3.05) is 26.2 Å². The number of hydrogen-bond donors (Lipinski definition) is 0. The van der Waals surface area contributed by atoms with Gasteiger partial charge in [-0.3, -0.25) is 19.3 Å². The fourth-order valence-corrected chi connectivity index (χ4v) is 3.21. The molecule has 1 aromatic carbocycles. The van der Waals surface area contributed by atoms with Gasteiger partial charge < -0.3 is 9.64 Å². The van der Waals surface area contributed by atoms with Crippen LogP contribution in [0.4, 0.5) is 0 Å². The lowest BCUT2D eigenvalue weighted by atomic mass is 10.1. The highest BCUT2D eigenvalue weighted by atomic mass is 16.5. The Labute approximate surface area is 151 Å². The number of amides is 3. The molecular formula is C19H22N2O5. The minimum atomic E-state index is -0.563. The number of ether oxygens (including phenoxy) is 1.